The fourth-order valence-electron chi connectivity index (χ4n) is 1.03. The molecule has 0 spiro atoms. The molecule has 1 heterocycles. The highest BCUT2D eigenvalue weighted by molar-refractivity contribution is 7.99. The maximum atomic E-state index is 11.8. The van der Waals surface area contributed by atoms with Crippen molar-refractivity contribution in [3.05, 3.63) is 11.7 Å². The van der Waals surface area contributed by atoms with Crippen molar-refractivity contribution in [3.63, 3.8) is 0 Å². The molecule has 0 aliphatic heterocycles. The number of thioether (sulfide) groups is 1. The van der Waals surface area contributed by atoms with E-state index in [4.69, 9.17) is 9.63 Å². The Morgan fingerprint density at radius 1 is 1.47 bits per heavy atom. The summed E-state index contributed by atoms with van der Waals surface area (Å²) in [6.45, 7) is -1.48. The van der Waals surface area contributed by atoms with E-state index in [2.05, 4.69) is 14.9 Å². The number of alkyl halides is 3. The molecule has 0 amide bonds. The maximum absolute atomic E-state index is 11.8. The lowest BCUT2D eigenvalue weighted by molar-refractivity contribution is -0.173. The first kappa shape index (κ1) is 15.8. The van der Waals surface area contributed by atoms with Crippen molar-refractivity contribution in [1.82, 2.24) is 10.1 Å². The number of aromatic nitrogens is 2. The highest BCUT2D eigenvalue weighted by Gasteiger charge is 2.27. The number of halogens is 3. The molecule has 10 heteroatoms. The van der Waals surface area contributed by atoms with Gasteiger partial charge in [0.15, 0.2) is 5.82 Å². The summed E-state index contributed by atoms with van der Waals surface area (Å²) >= 11 is 1.08. The van der Waals surface area contributed by atoms with Gasteiger partial charge in [0.2, 0.25) is 5.89 Å². The molecule has 0 fully saturated rings. The average Bonchev–Trinajstić information content (AvgIpc) is 2.71. The Kier molecular flexibility index (Phi) is 6.09. The number of hydrogen-bond acceptors (Lipinski definition) is 6. The molecule has 0 aliphatic rings. The van der Waals surface area contributed by atoms with Crippen LogP contribution in [0.1, 0.15) is 11.7 Å². The van der Waals surface area contributed by atoms with Crippen LogP contribution in [0, 0.1) is 0 Å². The lowest BCUT2D eigenvalue weighted by Gasteiger charge is -2.05. The van der Waals surface area contributed by atoms with Crippen molar-refractivity contribution in [2.24, 2.45) is 0 Å². The van der Waals surface area contributed by atoms with Crippen molar-refractivity contribution in [2.75, 3.05) is 19.0 Å². The second-order valence-corrected chi connectivity index (χ2v) is 4.39. The van der Waals surface area contributed by atoms with Gasteiger partial charge in [-0.2, -0.15) is 18.2 Å². The fourth-order valence-corrected chi connectivity index (χ4v) is 1.60. The molecule has 0 saturated carbocycles. The second-order valence-electron chi connectivity index (χ2n) is 3.41. The summed E-state index contributed by atoms with van der Waals surface area (Å²) in [5.41, 5.74) is 0. The smallest absolute Gasteiger partial charge is 0.411 e. The third-order valence-corrected chi connectivity index (χ3v) is 2.60. The third-order valence-electron chi connectivity index (χ3n) is 1.70. The Balaban J connectivity index is 2.21. The van der Waals surface area contributed by atoms with Crippen LogP contribution in [0.25, 0.3) is 0 Å². The molecule has 1 aromatic rings. The molecule has 108 valence electrons. The molecule has 1 N–H and O–H groups in total. The predicted octanol–water partition coefficient (Wildman–Crippen LogP) is 1.51. The van der Waals surface area contributed by atoms with Gasteiger partial charge in [0, 0.05) is 6.42 Å². The quantitative estimate of drug-likeness (QED) is 0.728. The Labute approximate surface area is 110 Å². The van der Waals surface area contributed by atoms with E-state index in [0.717, 1.165) is 11.8 Å². The van der Waals surface area contributed by atoms with Crippen LogP contribution in [-0.2, 0) is 21.7 Å². The van der Waals surface area contributed by atoms with Gasteiger partial charge in [-0.05, 0) is 0 Å². The number of ether oxygens (including phenoxy) is 1. The van der Waals surface area contributed by atoms with Gasteiger partial charge in [-0.15, -0.1) is 11.8 Å². The maximum Gasteiger partial charge on any atom is 0.411 e. The van der Waals surface area contributed by atoms with Gasteiger partial charge in [0.25, 0.3) is 0 Å². The van der Waals surface area contributed by atoms with Gasteiger partial charge in [-0.25, -0.2) is 0 Å². The minimum absolute atomic E-state index is 0.0909. The molecule has 0 atom stereocenters. The monoisotopic (exact) mass is 300 g/mol. The molecule has 6 nitrogen and oxygen atoms in total. The molecule has 1 aromatic heterocycles. The Morgan fingerprint density at radius 2 is 2.21 bits per heavy atom. The average molecular weight is 300 g/mol. The van der Waals surface area contributed by atoms with Crippen LogP contribution in [-0.4, -0.2) is 46.4 Å². The van der Waals surface area contributed by atoms with E-state index in [0.29, 0.717) is 0 Å². The lowest BCUT2D eigenvalue weighted by Crippen LogP contribution is -2.18. The predicted molar refractivity (Wildman–Crippen MR) is 58.7 cm³/mol. The Bertz CT molecular complexity index is 410. The Morgan fingerprint density at radius 3 is 2.84 bits per heavy atom. The third kappa shape index (κ3) is 7.67. The molecule has 1 rings (SSSR count). The van der Waals surface area contributed by atoms with E-state index < -0.39 is 18.8 Å². The van der Waals surface area contributed by atoms with Crippen LogP contribution in [0.5, 0.6) is 0 Å². The zero-order valence-corrected chi connectivity index (χ0v) is 10.5. The number of rotatable bonds is 8. The SMILES string of the molecule is O=C(O)CSCc1nc(CCOCC(F)(F)F)no1. The van der Waals surface area contributed by atoms with Gasteiger partial charge in [0.05, 0.1) is 18.1 Å². The van der Waals surface area contributed by atoms with E-state index in [1.807, 2.05) is 0 Å². The first-order valence-electron chi connectivity index (χ1n) is 5.12. The Hall–Kier alpha value is -1.29. The van der Waals surface area contributed by atoms with E-state index in [1.54, 1.807) is 0 Å². The summed E-state index contributed by atoms with van der Waals surface area (Å²) in [5.74, 6) is -0.342. The first-order valence-corrected chi connectivity index (χ1v) is 6.28. The normalized spacial score (nSPS) is 11.7. The van der Waals surface area contributed by atoms with E-state index >= 15 is 0 Å². The summed E-state index contributed by atoms with van der Waals surface area (Å²) in [6, 6.07) is 0. The zero-order chi connectivity index (χ0) is 14.3. The molecule has 0 aromatic carbocycles. The van der Waals surface area contributed by atoms with Crippen LogP contribution in [0.3, 0.4) is 0 Å². The standard InChI is InChI=1S/C9H11F3N2O4S/c10-9(11,12)5-17-2-1-6-13-7(18-14-6)3-19-4-8(15)16/h1-5H2,(H,15,16). The largest absolute Gasteiger partial charge is 0.481 e. The molecule has 0 unspecified atom stereocenters. The summed E-state index contributed by atoms with van der Waals surface area (Å²) in [6.07, 6.45) is -4.25. The number of hydrogen-bond donors (Lipinski definition) is 1. The lowest BCUT2D eigenvalue weighted by atomic mass is 10.4. The summed E-state index contributed by atoms with van der Waals surface area (Å²) in [4.78, 5) is 14.1. The molecular weight excluding hydrogens is 289 g/mol. The second kappa shape index (κ2) is 7.34. The van der Waals surface area contributed by atoms with Gasteiger partial charge in [0.1, 0.15) is 6.61 Å². The van der Waals surface area contributed by atoms with Crippen molar-refractivity contribution >= 4 is 17.7 Å². The molecule has 0 radical (unpaired) electrons. The number of carbonyl (C=O) groups is 1. The van der Waals surface area contributed by atoms with Crippen molar-refractivity contribution in [1.29, 1.82) is 0 Å². The number of nitrogens with zero attached hydrogens (tertiary/aromatic N) is 2. The van der Waals surface area contributed by atoms with Crippen molar-refractivity contribution in [2.45, 2.75) is 18.3 Å². The van der Waals surface area contributed by atoms with Crippen LogP contribution in [0.2, 0.25) is 0 Å². The molecule has 0 bridgehead atoms. The van der Waals surface area contributed by atoms with Crippen LogP contribution in [0.4, 0.5) is 13.2 Å². The van der Waals surface area contributed by atoms with Gasteiger partial charge in [-0.3, -0.25) is 4.79 Å². The summed E-state index contributed by atoms with van der Waals surface area (Å²) in [5, 5.41) is 11.9. The minimum atomic E-state index is -4.35. The van der Waals surface area contributed by atoms with E-state index in [1.165, 1.54) is 0 Å². The van der Waals surface area contributed by atoms with Gasteiger partial charge in [-0.1, -0.05) is 5.16 Å². The number of carboxylic acids is 1. The topological polar surface area (TPSA) is 85.5 Å². The minimum Gasteiger partial charge on any atom is -0.481 e. The molecule has 0 aliphatic carbocycles. The van der Waals surface area contributed by atoms with Crippen LogP contribution in [0.15, 0.2) is 4.52 Å². The zero-order valence-electron chi connectivity index (χ0n) is 9.64. The molecule has 19 heavy (non-hydrogen) atoms. The number of carboxylic acid groups (broad SMARTS) is 1. The first-order chi connectivity index (χ1) is 8.87. The fraction of sp³-hybridized carbons (Fsp3) is 0.667. The van der Waals surface area contributed by atoms with Crippen molar-refractivity contribution in [3.8, 4) is 0 Å². The van der Waals surface area contributed by atoms with Crippen LogP contribution >= 0.6 is 11.8 Å². The van der Waals surface area contributed by atoms with Crippen LogP contribution < -0.4 is 0 Å². The van der Waals surface area contributed by atoms with E-state index in [-0.39, 0.29) is 36.2 Å². The number of aliphatic carboxylic acids is 1. The summed E-state index contributed by atoms with van der Waals surface area (Å²) in [7, 11) is 0. The van der Waals surface area contributed by atoms with Crippen molar-refractivity contribution < 1.29 is 32.3 Å². The summed E-state index contributed by atoms with van der Waals surface area (Å²) < 4.78 is 44.5. The van der Waals surface area contributed by atoms with Gasteiger partial charge < -0.3 is 14.4 Å². The highest BCUT2D eigenvalue weighted by atomic mass is 32.2. The molecular formula is C9H11F3N2O4S. The van der Waals surface area contributed by atoms with E-state index in [9.17, 15) is 18.0 Å². The molecule has 0 saturated heterocycles. The van der Waals surface area contributed by atoms with Gasteiger partial charge >= 0.3 is 12.1 Å². The highest BCUT2D eigenvalue weighted by Crippen LogP contribution is 2.14.